The number of anilines is 1. The lowest BCUT2D eigenvalue weighted by atomic mass is 10.0. The minimum atomic E-state index is -0.237. The third-order valence-corrected chi connectivity index (χ3v) is 4.91. The summed E-state index contributed by atoms with van der Waals surface area (Å²) in [5, 5.41) is 8.23. The number of hydrogen-bond donors (Lipinski definition) is 1. The summed E-state index contributed by atoms with van der Waals surface area (Å²) in [6.07, 6.45) is 6.57. The van der Waals surface area contributed by atoms with E-state index in [1.807, 2.05) is 49.0 Å². The van der Waals surface area contributed by atoms with Gasteiger partial charge in [-0.25, -0.2) is 4.68 Å². The summed E-state index contributed by atoms with van der Waals surface area (Å²) in [7, 11) is 0. The first-order chi connectivity index (χ1) is 11.1. The van der Waals surface area contributed by atoms with Crippen molar-refractivity contribution in [1.29, 1.82) is 0 Å². The maximum absolute atomic E-state index is 12.6. The van der Waals surface area contributed by atoms with Crippen molar-refractivity contribution in [1.82, 2.24) is 9.78 Å². The highest BCUT2D eigenvalue weighted by molar-refractivity contribution is 6.30. The lowest BCUT2D eigenvalue weighted by Gasteiger charge is -2.18. The number of aryl methyl sites for hydroxylation is 1. The molecule has 5 heteroatoms. The number of rotatable bonds is 4. The Morgan fingerprint density at radius 1 is 1.30 bits per heavy atom. The highest BCUT2D eigenvalue weighted by Crippen LogP contribution is 2.33. The van der Waals surface area contributed by atoms with Crippen molar-refractivity contribution < 1.29 is 4.79 Å². The van der Waals surface area contributed by atoms with Gasteiger partial charge in [-0.2, -0.15) is 5.10 Å². The van der Waals surface area contributed by atoms with Crippen LogP contribution in [-0.4, -0.2) is 15.7 Å². The quantitative estimate of drug-likeness (QED) is 0.882. The van der Waals surface area contributed by atoms with Crippen LogP contribution in [-0.2, 0) is 4.79 Å². The molecule has 1 unspecified atom stereocenters. The molecular formula is C18H22ClN3O. The third kappa shape index (κ3) is 3.42. The summed E-state index contributed by atoms with van der Waals surface area (Å²) in [6, 6.07) is 7.83. The predicted molar refractivity (Wildman–Crippen MR) is 93.0 cm³/mol. The number of carbonyl (C=O) groups excluding carboxylic acids is 1. The zero-order valence-corrected chi connectivity index (χ0v) is 14.3. The van der Waals surface area contributed by atoms with Gasteiger partial charge in [-0.3, -0.25) is 4.79 Å². The van der Waals surface area contributed by atoms with Crippen LogP contribution in [0.25, 0.3) is 0 Å². The Kier molecular flexibility index (Phi) is 4.71. The lowest BCUT2D eigenvalue weighted by Crippen LogP contribution is -2.22. The monoisotopic (exact) mass is 331 g/mol. The van der Waals surface area contributed by atoms with E-state index >= 15 is 0 Å². The van der Waals surface area contributed by atoms with Crippen LogP contribution in [0.5, 0.6) is 0 Å². The van der Waals surface area contributed by atoms with Crippen molar-refractivity contribution in [2.24, 2.45) is 0 Å². The van der Waals surface area contributed by atoms with E-state index in [1.165, 1.54) is 12.8 Å². The zero-order valence-electron chi connectivity index (χ0n) is 13.6. The van der Waals surface area contributed by atoms with Gasteiger partial charge in [-0.05, 0) is 44.4 Å². The maximum Gasteiger partial charge on any atom is 0.232 e. The second-order valence-electron chi connectivity index (χ2n) is 6.32. The third-order valence-electron chi connectivity index (χ3n) is 4.65. The standard InChI is InChI=1S/C18H22ClN3O/c1-12-11-20-22(16-5-3-4-6-16)17(12)21-18(23)13(2)14-7-9-15(19)10-8-14/h7-11,13,16H,3-6H2,1-2H3,(H,21,23). The van der Waals surface area contributed by atoms with Crippen molar-refractivity contribution in [3.8, 4) is 0 Å². The molecule has 122 valence electrons. The molecule has 0 spiro atoms. The Labute approximate surface area is 141 Å². The highest BCUT2D eigenvalue weighted by atomic mass is 35.5. The topological polar surface area (TPSA) is 46.9 Å². The van der Waals surface area contributed by atoms with Gasteiger partial charge in [0.15, 0.2) is 0 Å². The first-order valence-corrected chi connectivity index (χ1v) is 8.54. The van der Waals surface area contributed by atoms with Crippen LogP contribution in [0.1, 0.15) is 55.7 Å². The van der Waals surface area contributed by atoms with E-state index in [0.717, 1.165) is 29.8 Å². The molecular weight excluding hydrogens is 310 g/mol. The van der Waals surface area contributed by atoms with E-state index in [1.54, 1.807) is 0 Å². The van der Waals surface area contributed by atoms with Crippen molar-refractivity contribution >= 4 is 23.3 Å². The Balaban J connectivity index is 1.77. The largest absolute Gasteiger partial charge is 0.310 e. The lowest BCUT2D eigenvalue weighted by molar-refractivity contribution is -0.117. The van der Waals surface area contributed by atoms with Crippen molar-refractivity contribution in [3.63, 3.8) is 0 Å². The Morgan fingerprint density at radius 2 is 1.96 bits per heavy atom. The molecule has 1 aliphatic carbocycles. The van der Waals surface area contributed by atoms with Crippen LogP contribution in [0.3, 0.4) is 0 Å². The Morgan fingerprint density at radius 3 is 2.61 bits per heavy atom. The van der Waals surface area contributed by atoms with E-state index in [-0.39, 0.29) is 11.8 Å². The predicted octanol–water partition coefficient (Wildman–Crippen LogP) is 4.70. The maximum atomic E-state index is 12.6. The van der Waals surface area contributed by atoms with Crippen LogP contribution in [0, 0.1) is 6.92 Å². The number of amides is 1. The number of hydrogen-bond acceptors (Lipinski definition) is 2. The molecule has 1 aromatic carbocycles. The first-order valence-electron chi connectivity index (χ1n) is 8.16. The van der Waals surface area contributed by atoms with E-state index in [0.29, 0.717) is 11.1 Å². The fourth-order valence-corrected chi connectivity index (χ4v) is 3.28. The van der Waals surface area contributed by atoms with Gasteiger partial charge in [-0.1, -0.05) is 36.6 Å². The molecule has 1 atom stereocenters. The molecule has 0 saturated heterocycles. The fraction of sp³-hybridized carbons (Fsp3) is 0.444. The van der Waals surface area contributed by atoms with E-state index in [4.69, 9.17) is 11.6 Å². The number of halogens is 1. The summed E-state index contributed by atoms with van der Waals surface area (Å²) in [6.45, 7) is 3.89. The van der Waals surface area contributed by atoms with Gasteiger partial charge >= 0.3 is 0 Å². The van der Waals surface area contributed by atoms with Gasteiger partial charge in [-0.15, -0.1) is 0 Å². The zero-order chi connectivity index (χ0) is 16.4. The first kappa shape index (κ1) is 16.1. The molecule has 1 N–H and O–H groups in total. The van der Waals surface area contributed by atoms with Crippen LogP contribution >= 0.6 is 11.6 Å². The molecule has 1 fully saturated rings. The number of nitrogens with one attached hydrogen (secondary N) is 1. The van der Waals surface area contributed by atoms with Gasteiger partial charge in [0.2, 0.25) is 5.91 Å². The van der Waals surface area contributed by atoms with Gasteiger partial charge in [0.1, 0.15) is 5.82 Å². The molecule has 1 aliphatic rings. The van der Waals surface area contributed by atoms with Gasteiger partial charge in [0.25, 0.3) is 0 Å². The number of benzene rings is 1. The molecule has 4 nitrogen and oxygen atoms in total. The molecule has 1 amide bonds. The van der Waals surface area contributed by atoms with Gasteiger partial charge in [0.05, 0.1) is 18.2 Å². The normalized spacial score (nSPS) is 16.5. The molecule has 1 heterocycles. The fourth-order valence-electron chi connectivity index (χ4n) is 3.16. The van der Waals surface area contributed by atoms with E-state index in [2.05, 4.69) is 10.4 Å². The number of nitrogens with zero attached hydrogens (tertiary/aromatic N) is 2. The molecule has 1 aromatic heterocycles. The summed E-state index contributed by atoms with van der Waals surface area (Å²) < 4.78 is 1.99. The van der Waals surface area contributed by atoms with Crippen LogP contribution in [0.4, 0.5) is 5.82 Å². The summed E-state index contributed by atoms with van der Waals surface area (Å²) >= 11 is 5.91. The molecule has 0 radical (unpaired) electrons. The minimum absolute atomic E-state index is 0.0184. The van der Waals surface area contributed by atoms with Crippen LogP contribution in [0.2, 0.25) is 5.02 Å². The van der Waals surface area contributed by atoms with Gasteiger partial charge in [0, 0.05) is 10.6 Å². The SMILES string of the molecule is Cc1cnn(C2CCCC2)c1NC(=O)C(C)c1ccc(Cl)cc1. The number of carbonyl (C=O) groups is 1. The van der Waals surface area contributed by atoms with Gasteiger partial charge < -0.3 is 5.32 Å². The summed E-state index contributed by atoms with van der Waals surface area (Å²) in [4.78, 5) is 12.6. The Hall–Kier alpha value is -1.81. The highest BCUT2D eigenvalue weighted by Gasteiger charge is 2.24. The number of aromatic nitrogens is 2. The molecule has 23 heavy (non-hydrogen) atoms. The smallest absolute Gasteiger partial charge is 0.232 e. The van der Waals surface area contributed by atoms with E-state index < -0.39 is 0 Å². The molecule has 0 bridgehead atoms. The van der Waals surface area contributed by atoms with E-state index in [9.17, 15) is 4.79 Å². The molecule has 2 aromatic rings. The molecule has 1 saturated carbocycles. The second kappa shape index (κ2) is 6.75. The van der Waals surface area contributed by atoms with Crippen molar-refractivity contribution in [2.45, 2.75) is 51.5 Å². The second-order valence-corrected chi connectivity index (χ2v) is 6.76. The van der Waals surface area contributed by atoms with Crippen molar-refractivity contribution in [2.75, 3.05) is 5.32 Å². The molecule has 0 aliphatic heterocycles. The average molecular weight is 332 g/mol. The van der Waals surface area contributed by atoms with Crippen molar-refractivity contribution in [3.05, 3.63) is 46.6 Å². The summed E-state index contributed by atoms with van der Waals surface area (Å²) in [5.74, 6) is 0.580. The minimum Gasteiger partial charge on any atom is -0.310 e. The van der Waals surface area contributed by atoms with Crippen LogP contribution < -0.4 is 5.32 Å². The molecule has 3 rings (SSSR count). The summed E-state index contributed by atoms with van der Waals surface area (Å²) in [5.41, 5.74) is 1.96. The Bertz CT molecular complexity index is 687. The average Bonchev–Trinajstić information content (AvgIpc) is 3.18. The van der Waals surface area contributed by atoms with Crippen LogP contribution in [0.15, 0.2) is 30.5 Å².